The molecule has 3 amide bonds. The van der Waals surface area contributed by atoms with Crippen LogP contribution in [0.25, 0.3) is 10.9 Å². The standard InChI is InChI=1S/C31H34ClF2N7O5/c1-6-12-46-17(3)27(40-29(42)16(2)35-4)31(44)41(30(43)21-8-7-11-36-21)23-13-18-22(14-24(23)45-5)37-15-38-28(18)39-20-10-9-19(33)25(32)26(20)34/h1,9-10,13-17,21,27,35-36H,7-8,11-12H2,2-5H3,(H,40,42)(H,37,38,39)/t16-,17+,21-,27-/m0/s1. The molecule has 4 atom stereocenters. The first-order chi connectivity index (χ1) is 22.0. The Labute approximate surface area is 269 Å². The Bertz CT molecular complexity index is 1660. The quantitative estimate of drug-likeness (QED) is 0.169. The van der Waals surface area contributed by atoms with E-state index in [1.54, 1.807) is 20.9 Å². The van der Waals surface area contributed by atoms with Crippen molar-refractivity contribution in [3.05, 3.63) is 47.2 Å². The lowest BCUT2D eigenvalue weighted by atomic mass is 10.1. The van der Waals surface area contributed by atoms with Crippen molar-refractivity contribution in [1.29, 1.82) is 0 Å². The molecule has 3 aromatic rings. The smallest absolute Gasteiger partial charge is 0.259 e. The van der Waals surface area contributed by atoms with Gasteiger partial charge in [-0.15, -0.1) is 6.42 Å². The molecule has 1 aromatic heterocycles. The molecule has 0 aliphatic carbocycles. The molecule has 2 aromatic carbocycles. The Morgan fingerprint density at radius 2 is 2.00 bits per heavy atom. The van der Waals surface area contributed by atoms with E-state index in [2.05, 4.69) is 37.2 Å². The first-order valence-corrected chi connectivity index (χ1v) is 14.8. The molecule has 1 aliphatic rings. The predicted molar refractivity (Wildman–Crippen MR) is 169 cm³/mol. The molecular formula is C31H34ClF2N7O5. The van der Waals surface area contributed by atoms with Crippen molar-refractivity contribution < 1.29 is 32.6 Å². The van der Waals surface area contributed by atoms with Crippen molar-refractivity contribution in [3.63, 3.8) is 0 Å². The fraction of sp³-hybridized carbons (Fsp3) is 0.387. The molecule has 0 bridgehead atoms. The number of halogens is 3. The molecule has 0 unspecified atom stereocenters. The largest absolute Gasteiger partial charge is 0.494 e. The maximum atomic E-state index is 14.8. The first kappa shape index (κ1) is 34.5. The maximum absolute atomic E-state index is 14.8. The molecule has 4 rings (SSSR count). The zero-order chi connectivity index (χ0) is 33.5. The van der Waals surface area contributed by atoms with Crippen molar-refractivity contribution in [1.82, 2.24) is 25.9 Å². The number of ether oxygens (including phenoxy) is 2. The Morgan fingerprint density at radius 3 is 2.65 bits per heavy atom. The Hall–Kier alpha value is -4.42. The van der Waals surface area contributed by atoms with E-state index in [1.165, 1.54) is 25.6 Å². The molecule has 1 saturated heterocycles. The van der Waals surface area contributed by atoms with E-state index in [-0.39, 0.29) is 34.9 Å². The second-order valence-electron chi connectivity index (χ2n) is 10.5. The summed E-state index contributed by atoms with van der Waals surface area (Å²) in [4.78, 5) is 51.0. The SMILES string of the molecule is C#CCO[C@H](C)[C@H](NC(=O)[C@H](C)NC)C(=O)N(C(=O)[C@@H]1CCCN1)c1cc2c(Nc3ccc(F)c(Cl)c3F)ncnc2cc1OC. The van der Waals surface area contributed by atoms with E-state index in [1.807, 2.05) is 0 Å². The first-order valence-electron chi connectivity index (χ1n) is 14.4. The minimum atomic E-state index is -1.36. The van der Waals surface area contributed by atoms with Crippen LogP contribution in [0.15, 0.2) is 30.6 Å². The summed E-state index contributed by atoms with van der Waals surface area (Å²) in [5.41, 5.74) is 0.132. The third-order valence-corrected chi connectivity index (χ3v) is 7.90. The summed E-state index contributed by atoms with van der Waals surface area (Å²) >= 11 is 5.78. The second-order valence-corrected chi connectivity index (χ2v) is 10.9. The van der Waals surface area contributed by atoms with Gasteiger partial charge in [0.2, 0.25) is 5.91 Å². The number of hydrogen-bond donors (Lipinski definition) is 4. The summed E-state index contributed by atoms with van der Waals surface area (Å²) in [6.07, 6.45) is 6.78. The fourth-order valence-corrected chi connectivity index (χ4v) is 5.03. The fourth-order valence-electron chi connectivity index (χ4n) is 4.86. The molecule has 0 saturated carbocycles. The lowest BCUT2D eigenvalue weighted by Crippen LogP contribution is -2.60. The Kier molecular flexibility index (Phi) is 11.4. The highest BCUT2D eigenvalue weighted by Gasteiger charge is 2.40. The van der Waals surface area contributed by atoms with Crippen LogP contribution in [0, 0.1) is 24.0 Å². The molecule has 15 heteroatoms. The van der Waals surface area contributed by atoms with Gasteiger partial charge in [0.05, 0.1) is 42.2 Å². The summed E-state index contributed by atoms with van der Waals surface area (Å²) in [6.45, 7) is 3.56. The molecule has 0 radical (unpaired) electrons. The zero-order valence-corrected chi connectivity index (χ0v) is 26.4. The van der Waals surface area contributed by atoms with Gasteiger partial charge in [0.1, 0.15) is 41.4 Å². The number of benzene rings is 2. The van der Waals surface area contributed by atoms with E-state index in [9.17, 15) is 23.2 Å². The van der Waals surface area contributed by atoms with Crippen molar-refractivity contribution in [2.45, 2.75) is 50.9 Å². The van der Waals surface area contributed by atoms with Gasteiger partial charge in [-0.25, -0.2) is 23.6 Å². The van der Waals surface area contributed by atoms with Crippen LogP contribution in [0.4, 0.5) is 26.0 Å². The number of nitrogens with zero attached hydrogens (tertiary/aromatic N) is 3. The summed E-state index contributed by atoms with van der Waals surface area (Å²) < 4.78 is 39.9. The molecule has 0 spiro atoms. The van der Waals surface area contributed by atoms with E-state index < -0.39 is 58.6 Å². The van der Waals surface area contributed by atoms with Gasteiger partial charge in [0.15, 0.2) is 5.82 Å². The van der Waals surface area contributed by atoms with Crippen LogP contribution in [-0.4, -0.2) is 79.2 Å². The van der Waals surface area contributed by atoms with Crippen molar-refractivity contribution >= 4 is 57.4 Å². The molecule has 4 N–H and O–H groups in total. The number of aromatic nitrogens is 2. The number of imide groups is 1. The topological polar surface area (TPSA) is 147 Å². The summed E-state index contributed by atoms with van der Waals surface area (Å²) in [5, 5.41) is 10.9. The summed E-state index contributed by atoms with van der Waals surface area (Å²) in [7, 11) is 2.94. The molecule has 46 heavy (non-hydrogen) atoms. The zero-order valence-electron chi connectivity index (χ0n) is 25.6. The number of methoxy groups -OCH3 is 1. The van der Waals surface area contributed by atoms with Crippen LogP contribution < -0.4 is 30.9 Å². The molecule has 1 aliphatic heterocycles. The van der Waals surface area contributed by atoms with Gasteiger partial charge in [-0.1, -0.05) is 17.5 Å². The number of fused-ring (bicyclic) bond motifs is 1. The molecule has 1 fully saturated rings. The van der Waals surface area contributed by atoms with Gasteiger partial charge in [0, 0.05) is 11.5 Å². The molecule has 244 valence electrons. The van der Waals surface area contributed by atoms with Crippen molar-refractivity contribution in [3.8, 4) is 18.1 Å². The number of rotatable bonds is 12. The summed E-state index contributed by atoms with van der Waals surface area (Å²) in [6, 6.07) is 2.30. The van der Waals surface area contributed by atoms with Gasteiger partial charge in [-0.3, -0.25) is 14.4 Å². The number of hydrogen-bond acceptors (Lipinski definition) is 10. The van der Waals surface area contributed by atoms with Crippen LogP contribution in [0.5, 0.6) is 5.75 Å². The maximum Gasteiger partial charge on any atom is 0.259 e. The molecular weight excluding hydrogens is 624 g/mol. The van der Waals surface area contributed by atoms with Gasteiger partial charge in [0.25, 0.3) is 11.8 Å². The van der Waals surface area contributed by atoms with Crippen LogP contribution in [0.1, 0.15) is 26.7 Å². The molecule has 2 heterocycles. The average Bonchev–Trinajstić information content (AvgIpc) is 3.61. The number of nitrogens with one attached hydrogen (secondary N) is 4. The number of terminal acetylenes is 1. The van der Waals surface area contributed by atoms with Gasteiger partial charge in [-0.05, 0) is 58.5 Å². The number of likely N-dealkylation sites (N-methyl/N-ethyl adjacent to an activating group) is 1. The van der Waals surface area contributed by atoms with E-state index in [0.29, 0.717) is 24.9 Å². The number of carbonyl (C=O) groups is 3. The highest BCUT2D eigenvalue weighted by atomic mass is 35.5. The lowest BCUT2D eigenvalue weighted by molar-refractivity contribution is -0.134. The predicted octanol–water partition coefficient (Wildman–Crippen LogP) is 3.06. The van der Waals surface area contributed by atoms with Gasteiger partial charge >= 0.3 is 0 Å². The van der Waals surface area contributed by atoms with E-state index in [0.717, 1.165) is 17.0 Å². The van der Waals surface area contributed by atoms with E-state index in [4.69, 9.17) is 27.5 Å². The van der Waals surface area contributed by atoms with Gasteiger partial charge < -0.3 is 30.7 Å². The normalized spacial score (nSPS) is 16.3. The third-order valence-electron chi connectivity index (χ3n) is 7.55. The van der Waals surface area contributed by atoms with Crippen molar-refractivity contribution in [2.75, 3.05) is 37.5 Å². The van der Waals surface area contributed by atoms with E-state index >= 15 is 0 Å². The monoisotopic (exact) mass is 657 g/mol. The third kappa shape index (κ3) is 7.34. The average molecular weight is 658 g/mol. The lowest BCUT2D eigenvalue weighted by Gasteiger charge is -2.32. The highest BCUT2D eigenvalue weighted by Crippen LogP contribution is 2.37. The summed E-state index contributed by atoms with van der Waals surface area (Å²) in [5.74, 6) is -1.43. The number of anilines is 3. The molecule has 12 nitrogen and oxygen atoms in total. The highest BCUT2D eigenvalue weighted by molar-refractivity contribution is 6.31. The Balaban J connectivity index is 1.88. The minimum Gasteiger partial charge on any atom is -0.494 e. The van der Waals surface area contributed by atoms with Crippen LogP contribution in [0.2, 0.25) is 5.02 Å². The van der Waals surface area contributed by atoms with Crippen LogP contribution >= 0.6 is 11.6 Å². The van der Waals surface area contributed by atoms with Crippen LogP contribution in [-0.2, 0) is 19.1 Å². The Morgan fingerprint density at radius 1 is 1.24 bits per heavy atom. The number of amides is 3. The van der Waals surface area contributed by atoms with Gasteiger partial charge in [-0.2, -0.15) is 0 Å². The van der Waals surface area contributed by atoms with Crippen molar-refractivity contribution in [2.24, 2.45) is 0 Å². The second kappa shape index (κ2) is 15.2. The minimum absolute atomic E-state index is 0.000718. The van der Waals surface area contributed by atoms with Crippen LogP contribution in [0.3, 0.4) is 0 Å². The number of carbonyl (C=O) groups excluding carboxylic acids is 3.